The summed E-state index contributed by atoms with van der Waals surface area (Å²) in [6.45, 7) is 4.80. The van der Waals surface area contributed by atoms with Crippen LogP contribution in [0.15, 0.2) is 72.9 Å². The highest BCUT2D eigenvalue weighted by atomic mass is 31.2. The second-order valence-corrected chi connectivity index (χ2v) is 29.2. The summed E-state index contributed by atoms with van der Waals surface area (Å²) in [5.74, 6) is -2.20. The topological polar surface area (TPSA) is 237 Å². The molecule has 0 saturated carbocycles. The Kier molecular flexibility index (Phi) is 69.3. The molecular weight excluding hydrogens is 1280 g/mol. The predicted octanol–water partition coefficient (Wildman–Crippen LogP) is 22.4. The molecule has 98 heavy (non-hydrogen) atoms. The molecule has 0 rings (SSSR count). The summed E-state index contributed by atoms with van der Waals surface area (Å²) >= 11 is 0. The van der Waals surface area contributed by atoms with Gasteiger partial charge in [0.1, 0.15) is 19.3 Å². The van der Waals surface area contributed by atoms with Crippen LogP contribution < -0.4 is 0 Å². The van der Waals surface area contributed by atoms with Gasteiger partial charge in [-0.05, 0) is 135 Å². The Labute approximate surface area is 596 Å². The molecule has 0 aromatic heterocycles. The van der Waals surface area contributed by atoms with Crippen molar-refractivity contribution in [2.24, 2.45) is 0 Å². The van der Waals surface area contributed by atoms with Crippen molar-refractivity contribution in [2.45, 2.75) is 367 Å². The van der Waals surface area contributed by atoms with Crippen LogP contribution in [0.25, 0.3) is 0 Å². The fourth-order valence-corrected chi connectivity index (χ4v) is 12.2. The van der Waals surface area contributed by atoms with Crippen molar-refractivity contribution in [1.29, 1.82) is 0 Å². The molecule has 5 atom stereocenters. The number of aliphatic hydroxyl groups excluding tert-OH is 1. The normalized spacial score (nSPS) is 14.3. The summed E-state index contributed by atoms with van der Waals surface area (Å²) in [6.07, 6.45) is 71.6. The van der Waals surface area contributed by atoms with E-state index in [1.54, 1.807) is 0 Å². The maximum Gasteiger partial charge on any atom is 0.472 e. The lowest BCUT2D eigenvalue weighted by molar-refractivity contribution is -0.161. The summed E-state index contributed by atoms with van der Waals surface area (Å²) in [5, 5.41) is 10.6. The Morgan fingerprint density at radius 2 is 0.531 bits per heavy atom. The molecule has 0 aliphatic carbocycles. The second-order valence-electron chi connectivity index (χ2n) is 26.3. The van der Waals surface area contributed by atoms with Crippen LogP contribution in [0.5, 0.6) is 0 Å². The number of unbranched alkanes of at least 4 members (excludes halogenated alkanes) is 37. The lowest BCUT2D eigenvalue weighted by Gasteiger charge is -2.21. The molecule has 0 aromatic carbocycles. The Morgan fingerprint density at radius 1 is 0.296 bits per heavy atom. The van der Waals surface area contributed by atoms with Crippen LogP contribution in [-0.4, -0.2) is 96.7 Å². The molecule has 0 spiro atoms. The van der Waals surface area contributed by atoms with E-state index in [1.807, 2.05) is 0 Å². The maximum absolute atomic E-state index is 13.1. The number of hydrogen-bond donors (Lipinski definition) is 3. The lowest BCUT2D eigenvalue weighted by atomic mass is 10.1. The van der Waals surface area contributed by atoms with Crippen LogP contribution in [0.1, 0.15) is 349 Å². The van der Waals surface area contributed by atoms with E-state index in [9.17, 15) is 43.2 Å². The maximum atomic E-state index is 13.1. The first kappa shape index (κ1) is 94.5. The standard InChI is InChI=1S/C79H142O17P2/c1-5-9-13-17-21-25-29-33-36-40-43-47-51-55-59-63-76(81)89-69-74(95-78(83)65-61-57-53-49-45-39-32-28-24-20-16-12-8-4)71-93-97(85,86)91-67-73(80)68-92-98(87,88)94-72-75(96-79(84)66-62-58-54-50-46-42-38-35-31-27-23-19-15-11-7-3)70-90-77(82)64-60-56-52-48-44-41-37-34-30-26-22-18-14-10-6-2/h21,25-26,28,30,32-38,73-75,80H,5-20,22-24,27,29,31,39-72H2,1-4H3,(H,85,86)(H,87,88)/b25-21-,30-26-,32-28-,36-33-,37-34-,38-35-/t73-,74+,75+/m0/s1. The van der Waals surface area contributed by atoms with Gasteiger partial charge in [0.2, 0.25) is 0 Å². The zero-order valence-electron chi connectivity index (χ0n) is 62.2. The van der Waals surface area contributed by atoms with Crippen molar-refractivity contribution < 1.29 is 80.2 Å². The average Bonchev–Trinajstić information content (AvgIpc) is 0.959. The lowest BCUT2D eigenvalue weighted by Crippen LogP contribution is -2.30. The van der Waals surface area contributed by atoms with Gasteiger partial charge in [-0.25, -0.2) is 9.13 Å². The molecule has 0 bridgehead atoms. The van der Waals surface area contributed by atoms with E-state index in [4.69, 9.17) is 37.0 Å². The third kappa shape index (κ3) is 70.9. The average molecular weight is 1430 g/mol. The molecule has 0 saturated heterocycles. The number of esters is 4. The summed E-state index contributed by atoms with van der Waals surface area (Å²) in [6, 6.07) is 0. The van der Waals surface area contributed by atoms with Gasteiger partial charge in [-0.3, -0.25) is 37.3 Å². The first-order chi connectivity index (χ1) is 47.7. The number of carbonyl (C=O) groups is 4. The number of carbonyl (C=O) groups excluding carboxylic acids is 4. The van der Waals surface area contributed by atoms with E-state index in [2.05, 4.69) is 101 Å². The van der Waals surface area contributed by atoms with E-state index < -0.39 is 97.5 Å². The van der Waals surface area contributed by atoms with Gasteiger partial charge in [0, 0.05) is 25.7 Å². The SMILES string of the molecule is CCCCC/C=C\C/C=C\CCCCCCCC(=O)OC[C@H](COP(=O)(O)OC[C@H](O)COP(=O)(O)OC[C@@H](COC(=O)CCCCCCC/C=C\C=C/CCCCCC)OC(=O)CCCCCCC/C=C\CCCCCCCC)OC(=O)CCCCCCC/C=C\CCCCCC. The Hall–Kier alpha value is -3.50. The van der Waals surface area contributed by atoms with Gasteiger partial charge in [0.05, 0.1) is 26.4 Å². The number of allylic oxidation sites excluding steroid dienone is 12. The monoisotopic (exact) mass is 1420 g/mol. The van der Waals surface area contributed by atoms with E-state index in [1.165, 1.54) is 109 Å². The van der Waals surface area contributed by atoms with E-state index in [-0.39, 0.29) is 25.7 Å². The van der Waals surface area contributed by atoms with Gasteiger partial charge in [-0.2, -0.15) is 0 Å². The highest BCUT2D eigenvalue weighted by Gasteiger charge is 2.30. The number of phosphoric acid groups is 2. The molecule has 19 heteroatoms. The number of ether oxygens (including phenoxy) is 4. The molecule has 0 aliphatic heterocycles. The highest BCUT2D eigenvalue weighted by molar-refractivity contribution is 7.47. The molecule has 0 amide bonds. The van der Waals surface area contributed by atoms with Crippen molar-refractivity contribution in [3.63, 3.8) is 0 Å². The van der Waals surface area contributed by atoms with Gasteiger partial charge in [0.15, 0.2) is 12.2 Å². The fourth-order valence-electron chi connectivity index (χ4n) is 10.6. The zero-order valence-corrected chi connectivity index (χ0v) is 64.0. The molecule has 0 heterocycles. The van der Waals surface area contributed by atoms with Gasteiger partial charge >= 0.3 is 39.5 Å². The summed E-state index contributed by atoms with van der Waals surface area (Å²) in [7, 11) is -9.95. The predicted molar refractivity (Wildman–Crippen MR) is 400 cm³/mol. The van der Waals surface area contributed by atoms with E-state index in [0.29, 0.717) is 25.7 Å². The minimum absolute atomic E-state index is 0.0838. The summed E-state index contributed by atoms with van der Waals surface area (Å²) < 4.78 is 68.5. The van der Waals surface area contributed by atoms with Crippen LogP contribution in [0.3, 0.4) is 0 Å². The number of aliphatic hydroxyl groups is 1. The quantitative estimate of drug-likeness (QED) is 0.0128. The van der Waals surface area contributed by atoms with Crippen LogP contribution >= 0.6 is 15.6 Å². The van der Waals surface area contributed by atoms with Crippen LogP contribution in [0.4, 0.5) is 0 Å². The molecule has 2 unspecified atom stereocenters. The highest BCUT2D eigenvalue weighted by Crippen LogP contribution is 2.45. The van der Waals surface area contributed by atoms with Crippen LogP contribution in [0, 0.1) is 0 Å². The zero-order chi connectivity index (χ0) is 71.8. The van der Waals surface area contributed by atoms with Gasteiger partial charge < -0.3 is 33.8 Å². The third-order valence-corrected chi connectivity index (χ3v) is 18.5. The first-order valence-corrected chi connectivity index (χ1v) is 42.2. The van der Waals surface area contributed by atoms with Crippen LogP contribution in [-0.2, 0) is 65.4 Å². The van der Waals surface area contributed by atoms with Crippen molar-refractivity contribution in [2.75, 3.05) is 39.6 Å². The molecule has 0 aliphatic rings. The molecular formula is C79H142O17P2. The summed E-state index contributed by atoms with van der Waals surface area (Å²) in [5.41, 5.74) is 0. The second kappa shape index (κ2) is 71.9. The smallest absolute Gasteiger partial charge is 0.462 e. The molecule has 0 fully saturated rings. The van der Waals surface area contributed by atoms with Crippen LogP contribution in [0.2, 0.25) is 0 Å². The minimum Gasteiger partial charge on any atom is -0.462 e. The van der Waals surface area contributed by atoms with Crippen molar-refractivity contribution in [3.8, 4) is 0 Å². The number of hydrogen-bond acceptors (Lipinski definition) is 15. The first-order valence-electron chi connectivity index (χ1n) is 39.2. The summed E-state index contributed by atoms with van der Waals surface area (Å²) in [4.78, 5) is 72.9. The van der Waals surface area contributed by atoms with Crippen molar-refractivity contribution in [1.82, 2.24) is 0 Å². The third-order valence-electron chi connectivity index (χ3n) is 16.6. The number of phosphoric ester groups is 2. The van der Waals surface area contributed by atoms with Gasteiger partial charge in [0.25, 0.3) is 0 Å². The molecule has 3 N–H and O–H groups in total. The molecule has 0 aromatic rings. The molecule has 17 nitrogen and oxygen atoms in total. The fraction of sp³-hybridized carbons (Fsp3) is 0.797. The van der Waals surface area contributed by atoms with Gasteiger partial charge in [-0.1, -0.05) is 261 Å². The van der Waals surface area contributed by atoms with Crippen molar-refractivity contribution in [3.05, 3.63) is 72.9 Å². The minimum atomic E-state index is -4.98. The molecule has 0 radical (unpaired) electrons. The van der Waals surface area contributed by atoms with E-state index in [0.717, 1.165) is 161 Å². The Morgan fingerprint density at radius 3 is 0.857 bits per heavy atom. The largest absolute Gasteiger partial charge is 0.472 e. The Bertz CT molecular complexity index is 2140. The Balaban J connectivity index is 5.36. The van der Waals surface area contributed by atoms with E-state index >= 15 is 0 Å². The van der Waals surface area contributed by atoms with Gasteiger partial charge in [-0.15, -0.1) is 0 Å². The molecule has 570 valence electrons. The number of rotatable bonds is 74. The van der Waals surface area contributed by atoms with Crippen molar-refractivity contribution >= 4 is 39.5 Å².